The molecular weight excluding hydrogens is 244 g/mol. The maximum atomic E-state index is 13.3. The van der Waals surface area contributed by atoms with Gasteiger partial charge in [-0.2, -0.15) is 0 Å². The van der Waals surface area contributed by atoms with E-state index in [0.717, 1.165) is 18.2 Å². The van der Waals surface area contributed by atoms with Crippen LogP contribution in [0.1, 0.15) is 13.8 Å². The second-order valence-corrected chi connectivity index (χ2v) is 4.11. The van der Waals surface area contributed by atoms with Crippen LogP contribution in [0.4, 0.5) is 14.5 Å². The smallest absolute Gasteiger partial charge is 0.232 e. The Bertz CT molecular complexity index is 461. The van der Waals surface area contributed by atoms with Gasteiger partial charge in [0, 0.05) is 6.07 Å². The monoisotopic (exact) mass is 257 g/mol. The zero-order valence-electron chi connectivity index (χ0n) is 9.94. The van der Waals surface area contributed by atoms with Gasteiger partial charge in [0.2, 0.25) is 5.91 Å². The third-order valence-electron chi connectivity index (χ3n) is 2.66. The van der Waals surface area contributed by atoms with Gasteiger partial charge in [0.15, 0.2) is 12.6 Å². The molecule has 1 aliphatic rings. The highest BCUT2D eigenvalue weighted by Gasteiger charge is 2.36. The van der Waals surface area contributed by atoms with Crippen LogP contribution in [-0.4, -0.2) is 18.5 Å². The number of ether oxygens (including phenoxy) is 2. The highest BCUT2D eigenvalue weighted by Crippen LogP contribution is 2.24. The number of carbonyl (C=O) groups is 1. The molecule has 2 rings (SSSR count). The Morgan fingerprint density at radius 2 is 2.06 bits per heavy atom. The molecule has 0 saturated carbocycles. The number of hydrogen-bond acceptors (Lipinski definition) is 3. The van der Waals surface area contributed by atoms with Crippen LogP contribution in [0.25, 0.3) is 0 Å². The number of anilines is 1. The van der Waals surface area contributed by atoms with Gasteiger partial charge in [-0.3, -0.25) is 4.79 Å². The van der Waals surface area contributed by atoms with Crippen LogP contribution >= 0.6 is 0 Å². The first-order valence-electron chi connectivity index (χ1n) is 5.54. The fraction of sp³-hybridized carbons (Fsp3) is 0.417. The lowest BCUT2D eigenvalue weighted by atomic mass is 10.1. The third-order valence-corrected chi connectivity index (χ3v) is 2.66. The second-order valence-electron chi connectivity index (χ2n) is 4.11. The van der Waals surface area contributed by atoms with Gasteiger partial charge in [0.05, 0.1) is 11.6 Å². The summed E-state index contributed by atoms with van der Waals surface area (Å²) in [6, 6.07) is 2.85. The molecule has 1 aromatic rings. The van der Waals surface area contributed by atoms with Crippen LogP contribution in [0.5, 0.6) is 0 Å². The van der Waals surface area contributed by atoms with Crippen molar-refractivity contribution in [2.24, 2.45) is 5.92 Å². The molecule has 1 heterocycles. The summed E-state index contributed by atoms with van der Waals surface area (Å²) in [5.74, 6) is -2.41. The molecule has 0 spiro atoms. The Kier molecular flexibility index (Phi) is 3.58. The summed E-state index contributed by atoms with van der Waals surface area (Å²) in [6.45, 7) is 3.29. The van der Waals surface area contributed by atoms with E-state index in [0.29, 0.717) is 0 Å². The van der Waals surface area contributed by atoms with Crippen LogP contribution < -0.4 is 5.32 Å². The molecule has 0 bridgehead atoms. The van der Waals surface area contributed by atoms with Gasteiger partial charge in [-0.05, 0) is 26.0 Å². The van der Waals surface area contributed by atoms with Gasteiger partial charge in [-0.25, -0.2) is 8.78 Å². The number of rotatable bonds is 3. The summed E-state index contributed by atoms with van der Waals surface area (Å²) in [7, 11) is 0. The number of carbonyl (C=O) groups excluding carboxylic acids is 1. The van der Waals surface area contributed by atoms with E-state index in [1.807, 2.05) is 0 Å². The summed E-state index contributed by atoms with van der Waals surface area (Å²) in [5, 5.41) is 2.30. The van der Waals surface area contributed by atoms with Crippen LogP contribution in [0.3, 0.4) is 0 Å². The molecule has 0 aromatic heterocycles. The summed E-state index contributed by atoms with van der Waals surface area (Å²) >= 11 is 0. The summed E-state index contributed by atoms with van der Waals surface area (Å²) in [4.78, 5) is 11.8. The van der Waals surface area contributed by atoms with Crippen molar-refractivity contribution in [2.75, 3.05) is 5.32 Å². The van der Waals surface area contributed by atoms with Gasteiger partial charge in [-0.1, -0.05) is 0 Å². The topological polar surface area (TPSA) is 47.6 Å². The minimum Gasteiger partial charge on any atom is -0.323 e. The van der Waals surface area contributed by atoms with E-state index in [1.54, 1.807) is 13.8 Å². The Labute approximate surface area is 103 Å². The average Bonchev–Trinajstić information content (AvgIpc) is 2.29. The predicted molar refractivity (Wildman–Crippen MR) is 59.6 cm³/mol. The van der Waals surface area contributed by atoms with Crippen molar-refractivity contribution >= 4 is 11.6 Å². The van der Waals surface area contributed by atoms with Crippen LogP contribution in [0.15, 0.2) is 18.2 Å². The molecular formula is C12H13F2NO3. The first-order chi connectivity index (χ1) is 8.47. The van der Waals surface area contributed by atoms with Crippen molar-refractivity contribution in [3.63, 3.8) is 0 Å². The number of hydrogen-bond donors (Lipinski definition) is 1. The van der Waals surface area contributed by atoms with E-state index in [-0.39, 0.29) is 12.0 Å². The minimum atomic E-state index is -0.694. The number of amides is 1. The Morgan fingerprint density at radius 3 is 2.67 bits per heavy atom. The number of benzene rings is 1. The molecule has 1 saturated heterocycles. The molecule has 1 amide bonds. The highest BCUT2D eigenvalue weighted by atomic mass is 19.1. The maximum absolute atomic E-state index is 13.3. The predicted octanol–water partition coefficient (Wildman–Crippen LogP) is 2.26. The first-order valence-corrected chi connectivity index (χ1v) is 5.54. The standard InChI is InChI=1S/C12H13F2NO3/c1-6(12-17-7(2)18-12)11(16)15-10-5-8(13)3-4-9(10)14/h3-7,12H,1-2H3,(H,15,16). The molecule has 1 unspecified atom stereocenters. The van der Waals surface area contributed by atoms with E-state index >= 15 is 0 Å². The third kappa shape index (κ3) is 2.65. The van der Waals surface area contributed by atoms with Crippen LogP contribution in [-0.2, 0) is 14.3 Å². The number of halogens is 2. The normalized spacial score (nSPS) is 24.2. The molecule has 1 aliphatic heterocycles. The molecule has 98 valence electrons. The van der Waals surface area contributed by atoms with Crippen LogP contribution in [0.2, 0.25) is 0 Å². The molecule has 0 aliphatic carbocycles. The molecule has 1 atom stereocenters. The van der Waals surface area contributed by atoms with E-state index in [1.165, 1.54) is 0 Å². The summed E-state index contributed by atoms with van der Waals surface area (Å²) < 4.78 is 36.6. The fourth-order valence-corrected chi connectivity index (χ4v) is 1.59. The fourth-order valence-electron chi connectivity index (χ4n) is 1.59. The van der Waals surface area contributed by atoms with Crippen LogP contribution in [0, 0.1) is 17.6 Å². The molecule has 1 aromatic carbocycles. The first kappa shape index (κ1) is 12.9. The van der Waals surface area contributed by atoms with Crippen molar-refractivity contribution in [2.45, 2.75) is 26.4 Å². The molecule has 1 fully saturated rings. The highest BCUT2D eigenvalue weighted by molar-refractivity contribution is 5.92. The van der Waals surface area contributed by atoms with Gasteiger partial charge >= 0.3 is 0 Å². The SMILES string of the molecule is CC1OC(C(C)C(=O)Nc2cc(F)ccc2F)O1. The summed E-state index contributed by atoms with van der Waals surface area (Å²) in [5.41, 5.74) is -0.195. The molecule has 4 nitrogen and oxygen atoms in total. The van der Waals surface area contributed by atoms with E-state index < -0.39 is 29.7 Å². The zero-order chi connectivity index (χ0) is 13.3. The number of nitrogens with one attached hydrogen (secondary N) is 1. The van der Waals surface area contributed by atoms with Gasteiger partial charge < -0.3 is 14.8 Å². The zero-order valence-corrected chi connectivity index (χ0v) is 9.94. The van der Waals surface area contributed by atoms with E-state index in [9.17, 15) is 13.6 Å². The lowest BCUT2D eigenvalue weighted by molar-refractivity contribution is -0.385. The molecule has 6 heteroatoms. The van der Waals surface area contributed by atoms with Gasteiger partial charge in [0.25, 0.3) is 0 Å². The lowest BCUT2D eigenvalue weighted by Crippen LogP contribution is -2.46. The minimum absolute atomic E-state index is 0.195. The maximum Gasteiger partial charge on any atom is 0.232 e. The molecule has 0 radical (unpaired) electrons. The molecule has 1 N–H and O–H groups in total. The van der Waals surface area contributed by atoms with Gasteiger partial charge in [0.1, 0.15) is 11.6 Å². The van der Waals surface area contributed by atoms with Gasteiger partial charge in [-0.15, -0.1) is 0 Å². The Hall–Kier alpha value is -1.53. The Morgan fingerprint density at radius 1 is 1.39 bits per heavy atom. The van der Waals surface area contributed by atoms with Crippen molar-refractivity contribution in [1.29, 1.82) is 0 Å². The average molecular weight is 257 g/mol. The van der Waals surface area contributed by atoms with Crippen molar-refractivity contribution < 1.29 is 23.0 Å². The molecule has 18 heavy (non-hydrogen) atoms. The second kappa shape index (κ2) is 4.99. The summed E-state index contributed by atoms with van der Waals surface area (Å²) in [6.07, 6.45) is -0.979. The Balaban J connectivity index is 2.00. The van der Waals surface area contributed by atoms with Crippen molar-refractivity contribution in [3.8, 4) is 0 Å². The van der Waals surface area contributed by atoms with Crippen molar-refractivity contribution in [3.05, 3.63) is 29.8 Å². The quantitative estimate of drug-likeness (QED) is 0.903. The van der Waals surface area contributed by atoms with Crippen molar-refractivity contribution in [1.82, 2.24) is 0 Å². The largest absolute Gasteiger partial charge is 0.323 e. The lowest BCUT2D eigenvalue weighted by Gasteiger charge is -2.36. The van der Waals surface area contributed by atoms with E-state index in [2.05, 4.69) is 5.32 Å². The van der Waals surface area contributed by atoms with E-state index in [4.69, 9.17) is 9.47 Å².